The molecule has 0 fully saturated rings. The molecule has 0 unspecified atom stereocenters. The zero-order valence-corrected chi connectivity index (χ0v) is 5.72. The molecule has 4 nitrogen and oxygen atoms in total. The van der Waals surface area contributed by atoms with Gasteiger partial charge in [0.2, 0.25) is 0 Å². The van der Waals surface area contributed by atoms with Crippen LogP contribution in [0.25, 0.3) is 0 Å². The van der Waals surface area contributed by atoms with Crippen LogP contribution in [-0.2, 0) is 4.62 Å². The van der Waals surface area contributed by atoms with Crippen molar-refractivity contribution < 1.29 is 14.4 Å². The van der Waals surface area contributed by atoms with Crippen LogP contribution in [0.3, 0.4) is 0 Å². The molecule has 0 rings (SSSR count). The van der Waals surface area contributed by atoms with Crippen LogP contribution in [0.5, 0.6) is 0 Å². The van der Waals surface area contributed by atoms with Crippen LogP contribution in [0, 0.1) is 0 Å². The van der Waals surface area contributed by atoms with Crippen LogP contribution in [0.15, 0.2) is 0 Å². The molecule has 3 N–H and O–H groups in total. The largest absolute Gasteiger partial charge is 0.345 e. The smallest absolute Gasteiger partial charge is 0.327 e. The van der Waals surface area contributed by atoms with Crippen molar-refractivity contribution in [3.63, 3.8) is 0 Å². The number of rotatable bonds is 3. The molecule has 0 aliphatic rings. The average Bonchev–Trinajstić information content (AvgIpc) is 1.61. The van der Waals surface area contributed by atoms with Gasteiger partial charge in [0.25, 0.3) is 0 Å². The second-order valence-electron chi connectivity index (χ2n) is 1.62. The molecule has 0 saturated heterocycles. The van der Waals surface area contributed by atoms with E-state index in [2.05, 4.69) is 10.1 Å². The third kappa shape index (κ3) is 6.27. The summed E-state index contributed by atoms with van der Waals surface area (Å²) in [5.74, 6) is 0. The predicted molar refractivity (Wildman–Crippen MR) is 30.7 cm³/mol. The Balaban J connectivity index is 2.93. The summed E-state index contributed by atoms with van der Waals surface area (Å²) in [5.41, 5.74) is 2.37. The SMILES string of the molecule is CC(C)NOP(O)O. The van der Waals surface area contributed by atoms with E-state index in [-0.39, 0.29) is 6.04 Å². The molecule has 0 aromatic carbocycles. The summed E-state index contributed by atoms with van der Waals surface area (Å²) >= 11 is 0. The summed E-state index contributed by atoms with van der Waals surface area (Å²) < 4.78 is 4.23. The molecule has 50 valence electrons. The second kappa shape index (κ2) is 4.18. The van der Waals surface area contributed by atoms with E-state index in [9.17, 15) is 0 Å². The van der Waals surface area contributed by atoms with E-state index < -0.39 is 8.60 Å². The molecular formula is C3H10NO3P. The van der Waals surface area contributed by atoms with Gasteiger partial charge in [-0.25, -0.2) is 4.62 Å². The Kier molecular flexibility index (Phi) is 4.32. The minimum atomic E-state index is -2.24. The zero-order valence-electron chi connectivity index (χ0n) is 4.83. The molecule has 0 radical (unpaired) electrons. The van der Waals surface area contributed by atoms with Gasteiger partial charge in [0, 0.05) is 6.04 Å². The zero-order chi connectivity index (χ0) is 6.57. The first kappa shape index (κ1) is 8.27. The molecule has 0 aliphatic heterocycles. The number of hydrogen-bond acceptors (Lipinski definition) is 4. The summed E-state index contributed by atoms with van der Waals surface area (Å²) in [6.07, 6.45) is 0. The molecule has 0 bridgehead atoms. The molecule has 0 spiro atoms. The molecule has 0 atom stereocenters. The molecule has 0 aromatic rings. The van der Waals surface area contributed by atoms with Crippen LogP contribution in [0.4, 0.5) is 0 Å². The average molecular weight is 139 g/mol. The molecule has 0 aromatic heterocycles. The van der Waals surface area contributed by atoms with Gasteiger partial charge in [-0.1, -0.05) is 0 Å². The maximum atomic E-state index is 8.14. The molecule has 0 aliphatic carbocycles. The second-order valence-corrected chi connectivity index (χ2v) is 2.30. The number of hydroxylamine groups is 1. The van der Waals surface area contributed by atoms with Crippen molar-refractivity contribution in [3.8, 4) is 0 Å². The summed E-state index contributed by atoms with van der Waals surface area (Å²) in [6.45, 7) is 3.66. The third-order valence-electron chi connectivity index (χ3n) is 0.370. The van der Waals surface area contributed by atoms with Crippen LogP contribution < -0.4 is 5.48 Å². The van der Waals surface area contributed by atoms with E-state index in [1.54, 1.807) is 0 Å². The first-order valence-electron chi connectivity index (χ1n) is 2.23. The molecule has 0 amide bonds. The Bertz CT molecular complexity index is 50.5. The van der Waals surface area contributed by atoms with Crippen molar-refractivity contribution in [2.45, 2.75) is 19.9 Å². The minimum Gasteiger partial charge on any atom is -0.327 e. The van der Waals surface area contributed by atoms with Crippen LogP contribution in [0.1, 0.15) is 13.8 Å². The lowest BCUT2D eigenvalue weighted by molar-refractivity contribution is 0.141. The maximum absolute atomic E-state index is 8.14. The van der Waals surface area contributed by atoms with Crippen molar-refractivity contribution in [1.29, 1.82) is 0 Å². The first-order valence-corrected chi connectivity index (χ1v) is 3.40. The Hall–Kier alpha value is 0.270. The van der Waals surface area contributed by atoms with Crippen molar-refractivity contribution in [3.05, 3.63) is 0 Å². The minimum absolute atomic E-state index is 0.110. The lowest BCUT2D eigenvalue weighted by atomic mass is 10.4. The Labute approximate surface area is 49.4 Å². The molecule has 0 heterocycles. The van der Waals surface area contributed by atoms with E-state index in [1.165, 1.54) is 0 Å². The molecule has 0 saturated carbocycles. The molecule has 8 heavy (non-hydrogen) atoms. The van der Waals surface area contributed by atoms with Crippen molar-refractivity contribution in [2.24, 2.45) is 0 Å². The highest BCUT2D eigenvalue weighted by molar-refractivity contribution is 7.39. The fourth-order valence-corrected chi connectivity index (χ4v) is 0.458. The van der Waals surface area contributed by atoms with Gasteiger partial charge < -0.3 is 9.79 Å². The fourth-order valence-electron chi connectivity index (χ4n) is 0.153. The standard InChI is InChI=1S/C3H10NO3P/c1-3(2)4-7-8(5)6/h3-6H,1-2H3. The van der Waals surface area contributed by atoms with Crippen molar-refractivity contribution >= 4 is 8.60 Å². The van der Waals surface area contributed by atoms with Gasteiger partial charge in [0.15, 0.2) is 0 Å². The monoisotopic (exact) mass is 139 g/mol. The number of hydrogen-bond donors (Lipinski definition) is 3. The quantitative estimate of drug-likeness (QED) is 0.384. The summed E-state index contributed by atoms with van der Waals surface area (Å²) in [5, 5.41) is 0. The van der Waals surface area contributed by atoms with Gasteiger partial charge >= 0.3 is 8.60 Å². The highest BCUT2D eigenvalue weighted by Gasteiger charge is 1.98. The first-order chi connectivity index (χ1) is 3.63. The Morgan fingerprint density at radius 2 is 2.00 bits per heavy atom. The van der Waals surface area contributed by atoms with E-state index in [0.29, 0.717) is 0 Å². The highest BCUT2D eigenvalue weighted by Crippen LogP contribution is 2.21. The van der Waals surface area contributed by atoms with E-state index in [0.717, 1.165) is 0 Å². The van der Waals surface area contributed by atoms with E-state index in [4.69, 9.17) is 9.79 Å². The lowest BCUT2D eigenvalue weighted by Gasteiger charge is -2.06. The molecular weight excluding hydrogens is 129 g/mol. The summed E-state index contributed by atoms with van der Waals surface area (Å²) in [6, 6.07) is 0.110. The van der Waals surface area contributed by atoms with Gasteiger partial charge in [-0.3, -0.25) is 0 Å². The van der Waals surface area contributed by atoms with E-state index in [1.807, 2.05) is 13.8 Å². The normalized spacial score (nSPS) is 11.2. The maximum Gasteiger partial charge on any atom is 0.345 e. The lowest BCUT2D eigenvalue weighted by Crippen LogP contribution is -2.20. The Morgan fingerprint density at radius 1 is 1.50 bits per heavy atom. The van der Waals surface area contributed by atoms with Crippen molar-refractivity contribution in [1.82, 2.24) is 5.48 Å². The van der Waals surface area contributed by atoms with Crippen molar-refractivity contribution in [2.75, 3.05) is 0 Å². The van der Waals surface area contributed by atoms with E-state index >= 15 is 0 Å². The van der Waals surface area contributed by atoms with Crippen LogP contribution in [-0.4, -0.2) is 15.8 Å². The van der Waals surface area contributed by atoms with Gasteiger partial charge in [-0.15, -0.1) is 0 Å². The topological polar surface area (TPSA) is 61.7 Å². The van der Waals surface area contributed by atoms with Crippen LogP contribution >= 0.6 is 8.60 Å². The third-order valence-corrected chi connectivity index (χ3v) is 0.639. The summed E-state index contributed by atoms with van der Waals surface area (Å²) in [4.78, 5) is 16.3. The number of nitrogens with one attached hydrogen (secondary N) is 1. The van der Waals surface area contributed by atoms with Crippen LogP contribution in [0.2, 0.25) is 0 Å². The Morgan fingerprint density at radius 3 is 2.12 bits per heavy atom. The van der Waals surface area contributed by atoms with Gasteiger partial charge in [0.1, 0.15) is 0 Å². The summed E-state index contributed by atoms with van der Waals surface area (Å²) in [7, 11) is -2.24. The fraction of sp³-hybridized carbons (Fsp3) is 1.00. The van der Waals surface area contributed by atoms with Gasteiger partial charge in [-0.05, 0) is 13.8 Å². The highest BCUT2D eigenvalue weighted by atomic mass is 31.2. The van der Waals surface area contributed by atoms with Gasteiger partial charge in [-0.2, -0.15) is 5.48 Å². The van der Waals surface area contributed by atoms with Gasteiger partial charge in [0.05, 0.1) is 0 Å². The predicted octanol–water partition coefficient (Wildman–Crippen LogP) is 0.127. The molecule has 5 heteroatoms.